The molecular weight excluding hydrogens is 379 g/mol. The van der Waals surface area contributed by atoms with Crippen molar-refractivity contribution < 1.29 is 14.0 Å². The molecule has 2 aromatic rings. The van der Waals surface area contributed by atoms with Crippen molar-refractivity contribution in [2.24, 2.45) is 16.6 Å². The molecule has 1 saturated heterocycles. The van der Waals surface area contributed by atoms with Crippen molar-refractivity contribution in [1.82, 2.24) is 4.90 Å². The Balaban J connectivity index is 1.70. The number of amides is 2. The first-order valence-electron chi connectivity index (χ1n) is 10.5. The highest BCUT2D eigenvalue weighted by Gasteiger charge is 2.41. The molecule has 160 valence electrons. The largest absolute Gasteiger partial charge is 0.369 e. The Hall–Kier alpha value is -2.69. The summed E-state index contributed by atoms with van der Waals surface area (Å²) in [7, 11) is 0. The summed E-state index contributed by atoms with van der Waals surface area (Å²) >= 11 is 0. The van der Waals surface area contributed by atoms with E-state index in [4.69, 9.17) is 5.73 Å². The van der Waals surface area contributed by atoms with E-state index in [9.17, 15) is 14.0 Å². The van der Waals surface area contributed by atoms with Crippen molar-refractivity contribution in [1.29, 1.82) is 0 Å². The molecule has 1 aliphatic rings. The van der Waals surface area contributed by atoms with E-state index in [0.717, 1.165) is 11.1 Å². The number of piperidine rings is 1. The Kier molecular flexibility index (Phi) is 6.30. The maximum atomic E-state index is 14.0. The van der Waals surface area contributed by atoms with Crippen LogP contribution >= 0.6 is 0 Å². The highest BCUT2D eigenvalue weighted by atomic mass is 19.1. The molecule has 1 fully saturated rings. The van der Waals surface area contributed by atoms with Crippen LogP contribution in [0.2, 0.25) is 0 Å². The Bertz CT molecular complexity index is 907. The van der Waals surface area contributed by atoms with Crippen LogP contribution in [0.5, 0.6) is 0 Å². The number of carbonyl (C=O) groups excluding carboxylic acids is 2. The third-order valence-corrected chi connectivity index (χ3v) is 5.96. The predicted octanol–water partition coefficient (Wildman–Crippen LogP) is 4.57. The van der Waals surface area contributed by atoms with Crippen LogP contribution in [0.15, 0.2) is 48.5 Å². The third-order valence-electron chi connectivity index (χ3n) is 5.96. The maximum absolute atomic E-state index is 14.0. The molecule has 0 aliphatic carbocycles. The van der Waals surface area contributed by atoms with Crippen molar-refractivity contribution in [3.63, 3.8) is 0 Å². The van der Waals surface area contributed by atoms with Gasteiger partial charge in [-0.3, -0.25) is 9.59 Å². The van der Waals surface area contributed by atoms with Crippen LogP contribution in [-0.4, -0.2) is 29.8 Å². The number of benzene rings is 2. The molecule has 0 spiro atoms. The number of rotatable bonds is 5. The molecule has 2 amide bonds. The summed E-state index contributed by atoms with van der Waals surface area (Å²) < 4.78 is 14.0. The molecule has 2 aromatic carbocycles. The minimum atomic E-state index is -0.655. The van der Waals surface area contributed by atoms with Crippen molar-refractivity contribution in [3.8, 4) is 11.1 Å². The number of carbonyl (C=O) groups is 2. The Morgan fingerprint density at radius 1 is 1.03 bits per heavy atom. The summed E-state index contributed by atoms with van der Waals surface area (Å²) in [5.41, 5.74) is 7.45. The van der Waals surface area contributed by atoms with Crippen LogP contribution in [0.25, 0.3) is 11.1 Å². The minimum Gasteiger partial charge on any atom is -0.369 e. The number of hydrogen-bond donors (Lipinski definition) is 1. The normalized spacial score (nSPS) is 16.3. The van der Waals surface area contributed by atoms with Gasteiger partial charge in [0.2, 0.25) is 11.8 Å². The molecule has 3 rings (SSSR count). The quantitative estimate of drug-likeness (QED) is 0.785. The van der Waals surface area contributed by atoms with E-state index in [2.05, 4.69) is 0 Å². The summed E-state index contributed by atoms with van der Waals surface area (Å²) in [6.07, 6.45) is 2.15. The van der Waals surface area contributed by atoms with Crippen molar-refractivity contribution in [2.75, 3.05) is 13.1 Å². The Morgan fingerprint density at radius 3 is 2.17 bits per heavy atom. The molecule has 5 heteroatoms. The second kappa shape index (κ2) is 8.58. The molecule has 0 saturated carbocycles. The molecule has 30 heavy (non-hydrogen) atoms. The lowest BCUT2D eigenvalue weighted by molar-refractivity contribution is -0.140. The van der Waals surface area contributed by atoms with Crippen LogP contribution in [0, 0.1) is 16.6 Å². The topological polar surface area (TPSA) is 63.4 Å². The first-order valence-corrected chi connectivity index (χ1v) is 10.5. The Labute approximate surface area is 178 Å². The lowest BCUT2D eigenvalue weighted by atomic mass is 9.73. The van der Waals surface area contributed by atoms with Gasteiger partial charge in [0.25, 0.3) is 0 Å². The highest BCUT2D eigenvalue weighted by Crippen LogP contribution is 2.36. The van der Waals surface area contributed by atoms with Crippen LogP contribution in [-0.2, 0) is 16.0 Å². The van der Waals surface area contributed by atoms with Crippen LogP contribution in [0.4, 0.5) is 4.39 Å². The number of likely N-dealkylation sites (tertiary alicyclic amines) is 1. The highest BCUT2D eigenvalue weighted by molar-refractivity contribution is 5.82. The molecule has 0 unspecified atom stereocenters. The molecule has 0 radical (unpaired) electrons. The van der Waals surface area contributed by atoms with Crippen LogP contribution in [0.3, 0.4) is 0 Å². The van der Waals surface area contributed by atoms with Crippen LogP contribution in [0.1, 0.15) is 45.6 Å². The van der Waals surface area contributed by atoms with Gasteiger partial charge in [-0.25, -0.2) is 4.39 Å². The predicted molar refractivity (Wildman–Crippen MR) is 117 cm³/mol. The fourth-order valence-corrected chi connectivity index (χ4v) is 4.15. The average molecular weight is 411 g/mol. The number of primary amides is 1. The molecule has 2 N–H and O–H groups in total. The van der Waals surface area contributed by atoms with Gasteiger partial charge in [0.05, 0.1) is 5.41 Å². The Morgan fingerprint density at radius 2 is 1.63 bits per heavy atom. The van der Waals surface area contributed by atoms with Crippen molar-refractivity contribution >= 4 is 11.8 Å². The maximum Gasteiger partial charge on any atom is 0.224 e. The van der Waals surface area contributed by atoms with Crippen LogP contribution < -0.4 is 5.73 Å². The monoisotopic (exact) mass is 410 g/mol. The van der Waals surface area contributed by atoms with E-state index in [-0.39, 0.29) is 23.0 Å². The van der Waals surface area contributed by atoms with Gasteiger partial charge in [0, 0.05) is 25.1 Å². The van der Waals surface area contributed by atoms with Gasteiger partial charge in [0.1, 0.15) is 5.82 Å². The summed E-state index contributed by atoms with van der Waals surface area (Å²) in [6.45, 7) is 7.24. The molecule has 0 atom stereocenters. The number of nitrogens with zero attached hydrogens (tertiary/aromatic N) is 1. The second-order valence-corrected chi connectivity index (χ2v) is 9.62. The lowest BCUT2D eigenvalue weighted by Crippen LogP contribution is -2.50. The van der Waals surface area contributed by atoms with E-state index in [0.29, 0.717) is 44.3 Å². The molecule has 0 aromatic heterocycles. The summed E-state index contributed by atoms with van der Waals surface area (Å²) in [6, 6.07) is 14.3. The van der Waals surface area contributed by atoms with E-state index >= 15 is 0 Å². The average Bonchev–Trinajstić information content (AvgIpc) is 2.68. The summed E-state index contributed by atoms with van der Waals surface area (Å²) in [5.74, 6) is -0.440. The summed E-state index contributed by atoms with van der Waals surface area (Å²) in [4.78, 5) is 26.8. The van der Waals surface area contributed by atoms with E-state index < -0.39 is 5.41 Å². The lowest BCUT2D eigenvalue weighted by Gasteiger charge is -2.40. The first-order chi connectivity index (χ1) is 14.1. The molecule has 1 heterocycles. The minimum absolute atomic E-state index is 0.0602. The molecule has 4 nitrogen and oxygen atoms in total. The van der Waals surface area contributed by atoms with Crippen molar-refractivity contribution in [2.45, 2.75) is 46.5 Å². The molecule has 0 bridgehead atoms. The zero-order chi connectivity index (χ0) is 21.9. The van der Waals surface area contributed by atoms with E-state index in [1.165, 1.54) is 6.07 Å². The van der Waals surface area contributed by atoms with Gasteiger partial charge >= 0.3 is 0 Å². The third kappa shape index (κ3) is 5.07. The molecule has 1 aliphatic heterocycles. The SMILES string of the molecule is CC(C)(C)CC(=O)N1CCC(Cc2ccc(-c3ccccc3F)cc2)(C(N)=O)CC1. The zero-order valence-electron chi connectivity index (χ0n) is 18.1. The van der Waals surface area contributed by atoms with E-state index in [1.807, 2.05) is 56.0 Å². The standard InChI is InChI=1S/C25H31FN2O2/c1-24(2,3)17-22(29)28-14-12-25(13-15-28,23(27)30)16-18-8-10-19(11-9-18)20-6-4-5-7-21(20)26/h4-11H,12-17H2,1-3H3,(H2,27,30). The zero-order valence-corrected chi connectivity index (χ0v) is 18.1. The number of nitrogens with two attached hydrogens (primary N) is 1. The molecular formula is C25H31FN2O2. The van der Waals surface area contributed by atoms with Gasteiger partial charge in [-0.1, -0.05) is 63.2 Å². The second-order valence-electron chi connectivity index (χ2n) is 9.62. The fourth-order valence-electron chi connectivity index (χ4n) is 4.15. The van der Waals surface area contributed by atoms with E-state index in [1.54, 1.807) is 12.1 Å². The smallest absolute Gasteiger partial charge is 0.224 e. The van der Waals surface area contributed by atoms with Gasteiger partial charge in [-0.15, -0.1) is 0 Å². The fraction of sp³-hybridized carbons (Fsp3) is 0.440. The number of halogens is 1. The van der Waals surface area contributed by atoms with Gasteiger partial charge < -0.3 is 10.6 Å². The van der Waals surface area contributed by atoms with Gasteiger partial charge in [-0.2, -0.15) is 0 Å². The van der Waals surface area contributed by atoms with Gasteiger partial charge in [0.15, 0.2) is 0 Å². The summed E-state index contributed by atoms with van der Waals surface area (Å²) in [5, 5.41) is 0. The number of hydrogen-bond acceptors (Lipinski definition) is 2. The van der Waals surface area contributed by atoms with Crippen molar-refractivity contribution in [3.05, 3.63) is 59.9 Å². The first kappa shape index (κ1) is 22.0. The van der Waals surface area contributed by atoms with Gasteiger partial charge in [-0.05, 0) is 41.9 Å².